The number of aromatic hydroxyl groups is 1. The average Bonchev–Trinajstić information content (AvgIpc) is 3.86. The van der Waals surface area contributed by atoms with Crippen LogP contribution in [0.3, 0.4) is 0 Å². The Morgan fingerprint density at radius 3 is 1.80 bits per heavy atom. The third kappa shape index (κ3) is 5.17. The number of phenols is 1. The van der Waals surface area contributed by atoms with E-state index in [1.165, 1.54) is 16.5 Å². The molecule has 3 heterocycles. The van der Waals surface area contributed by atoms with Crippen molar-refractivity contribution in [2.45, 2.75) is 38.5 Å². The van der Waals surface area contributed by atoms with E-state index < -0.39 is 0 Å². The van der Waals surface area contributed by atoms with Crippen LogP contribution in [-0.4, -0.2) is 19.6 Å². The second-order valence-corrected chi connectivity index (χ2v) is 16.7. The number of hydrogen-bond donors (Lipinski definition) is 1. The number of nitrogens with zero attached hydrogens (tertiary/aromatic N) is 3. The number of imidazole rings is 1. The zero-order valence-corrected chi connectivity index (χ0v) is 33.4. The molecule has 0 atom stereocenters. The molecule has 0 bridgehead atoms. The summed E-state index contributed by atoms with van der Waals surface area (Å²) in [5.41, 5.74) is 12.9. The number of furan rings is 1. The lowest BCUT2D eigenvalue weighted by atomic mass is 9.55. The Morgan fingerprint density at radius 2 is 1.08 bits per heavy atom. The molecule has 284 valence electrons. The van der Waals surface area contributed by atoms with Crippen molar-refractivity contribution in [3.05, 3.63) is 181 Å². The van der Waals surface area contributed by atoms with E-state index in [9.17, 15) is 5.11 Å². The predicted molar refractivity (Wildman–Crippen MR) is 241 cm³/mol. The van der Waals surface area contributed by atoms with Gasteiger partial charge in [0.2, 0.25) is 0 Å². The fourth-order valence-electron chi connectivity index (χ4n) is 9.47. The quantitative estimate of drug-likeness (QED) is 0.190. The zero-order chi connectivity index (χ0) is 40.0. The topological polar surface area (TPSA) is 64.1 Å². The van der Waals surface area contributed by atoms with Crippen LogP contribution in [0.5, 0.6) is 5.75 Å². The van der Waals surface area contributed by atoms with Crippen LogP contribution in [0, 0.1) is 0 Å². The first-order valence-electron chi connectivity index (χ1n) is 20.2. The van der Waals surface area contributed by atoms with Crippen LogP contribution in [0.2, 0.25) is 0 Å². The van der Waals surface area contributed by atoms with Crippen molar-refractivity contribution < 1.29 is 9.52 Å². The molecule has 59 heavy (non-hydrogen) atoms. The molecule has 0 fully saturated rings. The number of fused-ring (bicyclic) bond motifs is 8. The fraction of sp³-hybridized carbons (Fsp3) is 0.111. The van der Waals surface area contributed by atoms with Gasteiger partial charge in [0.05, 0.1) is 22.6 Å². The maximum absolute atomic E-state index is 12.0. The summed E-state index contributed by atoms with van der Waals surface area (Å²) in [6, 6.07) is 56.5. The first kappa shape index (κ1) is 35.0. The molecular weight excluding hydrogens is 723 g/mol. The van der Waals surface area contributed by atoms with E-state index in [4.69, 9.17) is 14.4 Å². The van der Waals surface area contributed by atoms with Gasteiger partial charge in [-0.15, -0.1) is 0 Å². The van der Waals surface area contributed by atoms with Crippen molar-refractivity contribution in [1.82, 2.24) is 14.5 Å². The van der Waals surface area contributed by atoms with Gasteiger partial charge in [0.1, 0.15) is 28.4 Å². The minimum Gasteiger partial charge on any atom is -0.507 e. The van der Waals surface area contributed by atoms with Gasteiger partial charge in [-0.05, 0) is 45.2 Å². The van der Waals surface area contributed by atoms with Crippen LogP contribution >= 0.6 is 0 Å². The van der Waals surface area contributed by atoms with Gasteiger partial charge >= 0.3 is 0 Å². The summed E-state index contributed by atoms with van der Waals surface area (Å²) in [6.07, 6.45) is 2.12. The second kappa shape index (κ2) is 12.9. The molecule has 7 aromatic carbocycles. The molecule has 0 aliphatic heterocycles. The molecule has 1 aliphatic rings. The lowest BCUT2D eigenvalue weighted by molar-refractivity contribution is 0.300. The maximum atomic E-state index is 12.0. The monoisotopic (exact) mass is 763 g/mol. The Labute approximate surface area is 342 Å². The Bertz CT molecular complexity index is 3220. The van der Waals surface area contributed by atoms with Gasteiger partial charge in [0, 0.05) is 50.5 Å². The first-order chi connectivity index (χ1) is 28.7. The van der Waals surface area contributed by atoms with E-state index in [1.807, 2.05) is 36.4 Å². The van der Waals surface area contributed by atoms with Crippen molar-refractivity contribution in [2.75, 3.05) is 0 Å². The van der Waals surface area contributed by atoms with Crippen LogP contribution in [0.15, 0.2) is 174 Å². The Hall–Kier alpha value is -7.24. The van der Waals surface area contributed by atoms with Crippen LogP contribution in [0.4, 0.5) is 0 Å². The summed E-state index contributed by atoms with van der Waals surface area (Å²) in [4.78, 5) is 11.2. The molecule has 0 radical (unpaired) electrons. The molecule has 1 N–H and O–H groups in total. The van der Waals surface area contributed by atoms with Gasteiger partial charge in [0.15, 0.2) is 0 Å². The molecule has 0 amide bonds. The predicted octanol–water partition coefficient (Wildman–Crippen LogP) is 13.9. The van der Waals surface area contributed by atoms with E-state index >= 15 is 0 Å². The van der Waals surface area contributed by atoms with Gasteiger partial charge in [-0.2, -0.15) is 0 Å². The SMILES string of the molecule is CC1(C)c2ccccc2-c2nc(-c3cn(-c4c(-c5ccccc5)cccc4-c4ccccc4)c(-c4cc5c(cc4O)oc4ccccc45)n3)c3ccccc3c2C1(C)C. The third-order valence-electron chi connectivity index (χ3n) is 13.1. The molecule has 0 saturated heterocycles. The first-order valence-corrected chi connectivity index (χ1v) is 20.2. The molecule has 0 saturated carbocycles. The van der Waals surface area contributed by atoms with Crippen LogP contribution in [0.1, 0.15) is 38.8 Å². The van der Waals surface area contributed by atoms with Gasteiger partial charge in [0.25, 0.3) is 0 Å². The highest BCUT2D eigenvalue weighted by Crippen LogP contribution is 2.56. The van der Waals surface area contributed by atoms with E-state index in [0.717, 1.165) is 66.6 Å². The van der Waals surface area contributed by atoms with Crippen molar-refractivity contribution in [3.8, 4) is 67.7 Å². The van der Waals surface area contributed by atoms with Crippen molar-refractivity contribution in [2.24, 2.45) is 0 Å². The molecule has 5 nitrogen and oxygen atoms in total. The van der Waals surface area contributed by atoms with E-state index in [1.54, 1.807) is 6.07 Å². The lowest BCUT2D eigenvalue weighted by Gasteiger charge is -2.48. The Balaban J connectivity index is 1.26. The lowest BCUT2D eigenvalue weighted by Crippen LogP contribution is -2.44. The highest BCUT2D eigenvalue weighted by molar-refractivity contribution is 6.07. The molecule has 0 spiro atoms. The third-order valence-corrected chi connectivity index (χ3v) is 13.1. The minimum absolute atomic E-state index is 0.0783. The molecule has 10 aromatic rings. The second-order valence-electron chi connectivity index (χ2n) is 16.7. The van der Waals surface area contributed by atoms with Gasteiger partial charge in [-0.1, -0.05) is 173 Å². The number of rotatable bonds is 5. The van der Waals surface area contributed by atoms with Gasteiger partial charge in [-0.3, -0.25) is 4.57 Å². The standard InChI is InChI=1S/C54H41N3O2/c1-53(2)43-28-15-13-25-40(43)50-48(54(53,3)4)38-23-11-12-24-39(38)49(56-50)44-32-57(52(55-44)42-30-41-37-22-14-16-29-46(37)59-47(41)31-45(42)58)51-35(33-18-7-5-8-19-33)26-17-27-36(51)34-20-9-6-10-21-34/h5-32,58H,1-4H3. The summed E-state index contributed by atoms with van der Waals surface area (Å²) >= 11 is 0. The van der Waals surface area contributed by atoms with Crippen LogP contribution < -0.4 is 0 Å². The Kier molecular flexibility index (Phi) is 7.64. The summed E-state index contributed by atoms with van der Waals surface area (Å²) in [5, 5.41) is 16.1. The molecule has 11 rings (SSSR count). The minimum atomic E-state index is -0.236. The zero-order valence-electron chi connectivity index (χ0n) is 33.4. The molecule has 5 heteroatoms. The van der Waals surface area contributed by atoms with E-state index in [-0.39, 0.29) is 16.6 Å². The highest BCUT2D eigenvalue weighted by atomic mass is 16.3. The molecule has 3 aromatic heterocycles. The molecule has 0 unspecified atom stereocenters. The summed E-state index contributed by atoms with van der Waals surface area (Å²) in [6.45, 7) is 9.41. The fourth-order valence-corrected chi connectivity index (χ4v) is 9.47. The average molecular weight is 764 g/mol. The summed E-state index contributed by atoms with van der Waals surface area (Å²) in [5.74, 6) is 0.672. The number of para-hydroxylation sites is 2. The largest absolute Gasteiger partial charge is 0.507 e. The number of phenolic OH excluding ortho intramolecular Hbond substituents is 1. The van der Waals surface area contributed by atoms with Gasteiger partial charge < -0.3 is 9.52 Å². The van der Waals surface area contributed by atoms with E-state index in [2.05, 4.69) is 160 Å². The highest BCUT2D eigenvalue weighted by Gasteiger charge is 2.47. The number of benzene rings is 7. The van der Waals surface area contributed by atoms with Crippen molar-refractivity contribution in [3.63, 3.8) is 0 Å². The smallest absolute Gasteiger partial charge is 0.149 e. The number of hydrogen-bond acceptors (Lipinski definition) is 4. The van der Waals surface area contributed by atoms with Gasteiger partial charge in [-0.25, -0.2) is 9.97 Å². The summed E-state index contributed by atoms with van der Waals surface area (Å²) in [7, 11) is 0. The number of pyridine rings is 1. The maximum Gasteiger partial charge on any atom is 0.149 e. The number of aromatic nitrogens is 3. The molecular formula is C54H41N3O2. The van der Waals surface area contributed by atoms with Crippen LogP contribution in [0.25, 0.3) is 94.7 Å². The van der Waals surface area contributed by atoms with E-state index in [0.29, 0.717) is 22.7 Å². The van der Waals surface area contributed by atoms with Crippen molar-refractivity contribution >= 4 is 32.7 Å². The summed E-state index contributed by atoms with van der Waals surface area (Å²) < 4.78 is 8.40. The molecule has 1 aliphatic carbocycles. The van der Waals surface area contributed by atoms with Crippen LogP contribution in [-0.2, 0) is 10.8 Å². The Morgan fingerprint density at radius 1 is 0.492 bits per heavy atom. The van der Waals surface area contributed by atoms with Crippen molar-refractivity contribution in [1.29, 1.82) is 0 Å². The normalized spacial score (nSPS) is 14.1.